The van der Waals surface area contributed by atoms with Crippen LogP contribution in [0.3, 0.4) is 0 Å². The molecule has 0 aliphatic heterocycles. The molecule has 0 aliphatic rings. The summed E-state index contributed by atoms with van der Waals surface area (Å²) in [4.78, 5) is 4.21. The molecule has 2 rings (SSSR count). The maximum absolute atomic E-state index is 5.40. The maximum atomic E-state index is 5.40. The summed E-state index contributed by atoms with van der Waals surface area (Å²) in [6, 6.07) is 10.2. The lowest BCUT2D eigenvalue weighted by molar-refractivity contribution is 0.405. The van der Waals surface area contributed by atoms with Crippen molar-refractivity contribution in [3.8, 4) is 11.5 Å². The first-order valence-electron chi connectivity index (χ1n) is 6.56. The van der Waals surface area contributed by atoms with Gasteiger partial charge in [0.15, 0.2) is 0 Å². The Bertz CT molecular complexity index is 558. The lowest BCUT2D eigenvalue weighted by atomic mass is 9.99. The van der Waals surface area contributed by atoms with Crippen LogP contribution in [0.4, 0.5) is 0 Å². The summed E-state index contributed by atoms with van der Waals surface area (Å²) in [5, 5.41) is 3.32. The second-order valence-corrected chi connectivity index (χ2v) is 4.52. The standard InChI is InChI=1S/C16H20N2O2/c1-17-15(13-8-14(19-2)11-18-10-13)9-12-6-4-5-7-16(12)20-3/h4-8,10-11,15,17H,9H2,1-3H3. The fourth-order valence-corrected chi connectivity index (χ4v) is 2.22. The molecule has 4 heteroatoms. The fraction of sp³-hybridized carbons (Fsp3) is 0.312. The first-order valence-corrected chi connectivity index (χ1v) is 6.56. The minimum absolute atomic E-state index is 0.161. The quantitative estimate of drug-likeness (QED) is 0.878. The Kier molecular flexibility index (Phi) is 4.96. The summed E-state index contributed by atoms with van der Waals surface area (Å²) in [5.41, 5.74) is 2.26. The van der Waals surface area contributed by atoms with Crippen LogP contribution in [0.2, 0.25) is 0 Å². The highest BCUT2D eigenvalue weighted by Gasteiger charge is 2.14. The normalized spacial score (nSPS) is 11.9. The smallest absolute Gasteiger partial charge is 0.137 e. The van der Waals surface area contributed by atoms with Crippen molar-refractivity contribution < 1.29 is 9.47 Å². The number of aromatic nitrogens is 1. The van der Waals surface area contributed by atoms with Crippen molar-refractivity contribution in [1.29, 1.82) is 0 Å². The van der Waals surface area contributed by atoms with Crippen LogP contribution in [0.25, 0.3) is 0 Å². The second kappa shape index (κ2) is 6.91. The van der Waals surface area contributed by atoms with E-state index in [9.17, 15) is 0 Å². The second-order valence-electron chi connectivity index (χ2n) is 4.52. The van der Waals surface area contributed by atoms with Gasteiger partial charge < -0.3 is 14.8 Å². The van der Waals surface area contributed by atoms with Gasteiger partial charge in [-0.1, -0.05) is 18.2 Å². The van der Waals surface area contributed by atoms with Crippen LogP contribution in [0.15, 0.2) is 42.7 Å². The first kappa shape index (κ1) is 14.3. The molecule has 0 saturated heterocycles. The van der Waals surface area contributed by atoms with Crippen LogP contribution in [0.5, 0.6) is 11.5 Å². The zero-order valence-corrected chi connectivity index (χ0v) is 12.1. The Labute approximate surface area is 119 Å². The predicted octanol–water partition coefficient (Wildman–Crippen LogP) is 2.60. The molecule has 0 bridgehead atoms. The van der Waals surface area contributed by atoms with Crippen molar-refractivity contribution in [3.05, 3.63) is 53.9 Å². The number of likely N-dealkylation sites (N-methyl/N-ethyl adjacent to an activating group) is 1. The van der Waals surface area contributed by atoms with Gasteiger partial charge in [0.05, 0.1) is 20.4 Å². The van der Waals surface area contributed by atoms with Gasteiger partial charge in [-0.05, 0) is 36.7 Å². The molecule has 20 heavy (non-hydrogen) atoms. The predicted molar refractivity (Wildman–Crippen MR) is 79.3 cm³/mol. The minimum atomic E-state index is 0.161. The van der Waals surface area contributed by atoms with Gasteiger partial charge in [0.2, 0.25) is 0 Å². The van der Waals surface area contributed by atoms with E-state index in [-0.39, 0.29) is 6.04 Å². The van der Waals surface area contributed by atoms with Crippen LogP contribution in [0, 0.1) is 0 Å². The summed E-state index contributed by atoms with van der Waals surface area (Å²) < 4.78 is 10.6. The summed E-state index contributed by atoms with van der Waals surface area (Å²) in [6.07, 6.45) is 4.40. The topological polar surface area (TPSA) is 43.4 Å². The lowest BCUT2D eigenvalue weighted by Crippen LogP contribution is -2.19. The molecule has 0 amide bonds. The van der Waals surface area contributed by atoms with Gasteiger partial charge in [-0.3, -0.25) is 4.98 Å². The minimum Gasteiger partial charge on any atom is -0.496 e. The number of hydrogen-bond donors (Lipinski definition) is 1. The Hall–Kier alpha value is -2.07. The van der Waals surface area contributed by atoms with E-state index in [1.165, 1.54) is 0 Å². The summed E-state index contributed by atoms with van der Waals surface area (Å²) in [5.74, 6) is 1.67. The molecule has 2 aromatic rings. The lowest BCUT2D eigenvalue weighted by Gasteiger charge is -2.18. The molecule has 1 unspecified atom stereocenters. The van der Waals surface area contributed by atoms with Crippen molar-refractivity contribution in [2.45, 2.75) is 12.5 Å². The van der Waals surface area contributed by atoms with Gasteiger partial charge in [0.1, 0.15) is 11.5 Å². The monoisotopic (exact) mass is 272 g/mol. The highest BCUT2D eigenvalue weighted by atomic mass is 16.5. The number of nitrogens with zero attached hydrogens (tertiary/aromatic N) is 1. The number of rotatable bonds is 6. The number of para-hydroxylation sites is 1. The van der Waals surface area contributed by atoms with Crippen LogP contribution >= 0.6 is 0 Å². The Balaban J connectivity index is 2.24. The molecule has 1 heterocycles. The molecular formula is C16H20N2O2. The fourth-order valence-electron chi connectivity index (χ4n) is 2.22. The molecule has 0 spiro atoms. The number of methoxy groups -OCH3 is 2. The molecule has 1 atom stereocenters. The summed E-state index contributed by atoms with van der Waals surface area (Å²) in [7, 11) is 5.29. The number of nitrogens with one attached hydrogen (secondary N) is 1. The number of ether oxygens (including phenoxy) is 2. The van der Waals surface area contributed by atoms with E-state index < -0.39 is 0 Å². The SMILES string of the molecule is CNC(Cc1ccccc1OC)c1cncc(OC)c1. The largest absolute Gasteiger partial charge is 0.496 e. The Morgan fingerprint density at radius 2 is 1.95 bits per heavy atom. The molecule has 0 radical (unpaired) electrons. The Morgan fingerprint density at radius 1 is 1.15 bits per heavy atom. The van der Waals surface area contributed by atoms with E-state index in [1.807, 2.05) is 37.5 Å². The first-order chi connectivity index (χ1) is 9.78. The van der Waals surface area contributed by atoms with E-state index in [0.29, 0.717) is 0 Å². The molecule has 1 aromatic carbocycles. The third kappa shape index (κ3) is 3.27. The highest BCUT2D eigenvalue weighted by Crippen LogP contribution is 2.25. The van der Waals surface area contributed by atoms with Gasteiger partial charge in [-0.2, -0.15) is 0 Å². The van der Waals surface area contributed by atoms with Crippen molar-refractivity contribution in [1.82, 2.24) is 10.3 Å². The third-order valence-corrected chi connectivity index (χ3v) is 3.34. The zero-order valence-electron chi connectivity index (χ0n) is 12.1. The van der Waals surface area contributed by atoms with Crippen molar-refractivity contribution in [3.63, 3.8) is 0 Å². The van der Waals surface area contributed by atoms with Gasteiger partial charge in [-0.25, -0.2) is 0 Å². The Morgan fingerprint density at radius 3 is 2.65 bits per heavy atom. The molecule has 1 N–H and O–H groups in total. The van der Waals surface area contributed by atoms with E-state index in [0.717, 1.165) is 29.0 Å². The van der Waals surface area contributed by atoms with Crippen LogP contribution < -0.4 is 14.8 Å². The average molecular weight is 272 g/mol. The molecule has 106 valence electrons. The summed E-state index contributed by atoms with van der Waals surface area (Å²) >= 11 is 0. The van der Waals surface area contributed by atoms with Gasteiger partial charge in [0, 0.05) is 12.2 Å². The molecule has 1 aromatic heterocycles. The summed E-state index contributed by atoms with van der Waals surface area (Å²) in [6.45, 7) is 0. The van der Waals surface area contributed by atoms with Crippen molar-refractivity contribution in [2.75, 3.05) is 21.3 Å². The van der Waals surface area contributed by atoms with Gasteiger partial charge >= 0.3 is 0 Å². The van der Waals surface area contributed by atoms with E-state index in [1.54, 1.807) is 20.4 Å². The third-order valence-electron chi connectivity index (χ3n) is 3.34. The molecule has 4 nitrogen and oxygen atoms in total. The van der Waals surface area contributed by atoms with E-state index >= 15 is 0 Å². The average Bonchev–Trinajstić information content (AvgIpc) is 2.53. The van der Waals surface area contributed by atoms with Crippen LogP contribution in [0.1, 0.15) is 17.2 Å². The molecule has 0 saturated carbocycles. The number of hydrogen-bond acceptors (Lipinski definition) is 4. The van der Waals surface area contributed by atoms with Crippen LogP contribution in [-0.2, 0) is 6.42 Å². The number of pyridine rings is 1. The van der Waals surface area contributed by atoms with Gasteiger partial charge in [0.25, 0.3) is 0 Å². The molecule has 0 fully saturated rings. The van der Waals surface area contributed by atoms with Crippen molar-refractivity contribution in [2.24, 2.45) is 0 Å². The molecule has 0 aliphatic carbocycles. The van der Waals surface area contributed by atoms with Crippen LogP contribution in [-0.4, -0.2) is 26.3 Å². The molecular weight excluding hydrogens is 252 g/mol. The van der Waals surface area contributed by atoms with E-state index in [4.69, 9.17) is 9.47 Å². The zero-order chi connectivity index (χ0) is 14.4. The maximum Gasteiger partial charge on any atom is 0.137 e. The van der Waals surface area contributed by atoms with Crippen molar-refractivity contribution >= 4 is 0 Å². The van der Waals surface area contributed by atoms with Gasteiger partial charge in [-0.15, -0.1) is 0 Å². The highest BCUT2D eigenvalue weighted by molar-refractivity contribution is 5.35. The number of benzene rings is 1. The van der Waals surface area contributed by atoms with E-state index in [2.05, 4.69) is 16.4 Å².